The summed E-state index contributed by atoms with van der Waals surface area (Å²) < 4.78 is 35.3. The SMILES string of the molecule is NS(=O)(=O)c1cccc(NC(=O)CNC(=O)c2ccc(F)cc2)c1. The Morgan fingerprint density at radius 1 is 1.08 bits per heavy atom. The van der Waals surface area contributed by atoms with E-state index in [-0.39, 0.29) is 22.7 Å². The molecular formula is C15H14FN3O4S. The van der Waals surface area contributed by atoms with E-state index in [4.69, 9.17) is 5.14 Å². The normalized spacial score (nSPS) is 10.9. The van der Waals surface area contributed by atoms with Crippen molar-refractivity contribution in [2.24, 2.45) is 5.14 Å². The van der Waals surface area contributed by atoms with Crippen molar-refractivity contribution in [1.82, 2.24) is 5.32 Å². The monoisotopic (exact) mass is 351 g/mol. The second-order valence-corrected chi connectivity index (χ2v) is 6.37. The Morgan fingerprint density at radius 2 is 1.75 bits per heavy atom. The maximum atomic E-state index is 12.8. The Balaban J connectivity index is 1.94. The topological polar surface area (TPSA) is 118 Å². The van der Waals surface area contributed by atoms with Crippen LogP contribution < -0.4 is 15.8 Å². The lowest BCUT2D eigenvalue weighted by molar-refractivity contribution is -0.115. The van der Waals surface area contributed by atoms with Crippen molar-refractivity contribution in [1.29, 1.82) is 0 Å². The third-order valence-corrected chi connectivity index (χ3v) is 3.87. The van der Waals surface area contributed by atoms with Crippen LogP contribution in [0.3, 0.4) is 0 Å². The van der Waals surface area contributed by atoms with Crippen LogP contribution in [0.25, 0.3) is 0 Å². The van der Waals surface area contributed by atoms with E-state index in [0.717, 1.165) is 12.1 Å². The molecule has 0 atom stereocenters. The van der Waals surface area contributed by atoms with Crippen LogP contribution in [0.4, 0.5) is 10.1 Å². The predicted octanol–water partition coefficient (Wildman–Crippen LogP) is 0.842. The minimum atomic E-state index is -3.88. The highest BCUT2D eigenvalue weighted by Gasteiger charge is 2.11. The smallest absolute Gasteiger partial charge is 0.251 e. The molecule has 126 valence electrons. The molecule has 0 aliphatic heterocycles. The van der Waals surface area contributed by atoms with E-state index < -0.39 is 27.7 Å². The molecule has 0 heterocycles. The largest absolute Gasteiger partial charge is 0.343 e. The number of anilines is 1. The molecular weight excluding hydrogens is 337 g/mol. The summed E-state index contributed by atoms with van der Waals surface area (Å²) in [6, 6.07) is 10.2. The number of hydrogen-bond acceptors (Lipinski definition) is 4. The van der Waals surface area contributed by atoms with Gasteiger partial charge in [-0.25, -0.2) is 17.9 Å². The number of nitrogens with one attached hydrogen (secondary N) is 2. The van der Waals surface area contributed by atoms with Crippen molar-refractivity contribution < 1.29 is 22.4 Å². The highest BCUT2D eigenvalue weighted by atomic mass is 32.2. The fourth-order valence-electron chi connectivity index (χ4n) is 1.82. The van der Waals surface area contributed by atoms with E-state index in [1.807, 2.05) is 0 Å². The third kappa shape index (κ3) is 4.86. The lowest BCUT2D eigenvalue weighted by Gasteiger charge is -2.08. The molecule has 0 spiro atoms. The molecule has 9 heteroatoms. The summed E-state index contributed by atoms with van der Waals surface area (Å²) in [5, 5.41) is 9.81. The van der Waals surface area contributed by atoms with Gasteiger partial charge in [0.05, 0.1) is 11.4 Å². The van der Waals surface area contributed by atoms with Gasteiger partial charge in [-0.1, -0.05) is 6.07 Å². The zero-order chi connectivity index (χ0) is 17.7. The maximum absolute atomic E-state index is 12.8. The lowest BCUT2D eigenvalue weighted by atomic mass is 10.2. The fraction of sp³-hybridized carbons (Fsp3) is 0.0667. The lowest BCUT2D eigenvalue weighted by Crippen LogP contribution is -2.32. The number of sulfonamides is 1. The minimum absolute atomic E-state index is 0.143. The molecule has 2 aromatic carbocycles. The van der Waals surface area contributed by atoms with Crippen LogP contribution in [0, 0.1) is 5.82 Å². The molecule has 0 bridgehead atoms. The van der Waals surface area contributed by atoms with Crippen molar-refractivity contribution in [3.8, 4) is 0 Å². The summed E-state index contributed by atoms with van der Waals surface area (Å²) in [6.07, 6.45) is 0. The van der Waals surface area contributed by atoms with E-state index in [2.05, 4.69) is 10.6 Å². The number of carbonyl (C=O) groups is 2. The van der Waals surface area contributed by atoms with Gasteiger partial charge in [-0.15, -0.1) is 0 Å². The van der Waals surface area contributed by atoms with Crippen LogP contribution in [0.5, 0.6) is 0 Å². The quantitative estimate of drug-likeness (QED) is 0.740. The molecule has 4 N–H and O–H groups in total. The van der Waals surface area contributed by atoms with Gasteiger partial charge in [-0.2, -0.15) is 0 Å². The number of carbonyl (C=O) groups excluding carboxylic acids is 2. The van der Waals surface area contributed by atoms with E-state index >= 15 is 0 Å². The highest BCUT2D eigenvalue weighted by Crippen LogP contribution is 2.13. The van der Waals surface area contributed by atoms with Crippen LogP contribution in [-0.4, -0.2) is 26.8 Å². The molecule has 0 radical (unpaired) electrons. The molecule has 0 aliphatic carbocycles. The first-order chi connectivity index (χ1) is 11.3. The third-order valence-electron chi connectivity index (χ3n) is 2.96. The van der Waals surface area contributed by atoms with Crippen molar-refractivity contribution in [2.45, 2.75) is 4.90 Å². The van der Waals surface area contributed by atoms with Crippen LogP contribution in [0.2, 0.25) is 0 Å². The molecule has 2 amide bonds. The van der Waals surface area contributed by atoms with E-state index in [0.29, 0.717) is 0 Å². The van der Waals surface area contributed by atoms with Gasteiger partial charge in [0.1, 0.15) is 5.82 Å². The van der Waals surface area contributed by atoms with E-state index in [9.17, 15) is 22.4 Å². The highest BCUT2D eigenvalue weighted by molar-refractivity contribution is 7.89. The summed E-state index contributed by atoms with van der Waals surface area (Å²) >= 11 is 0. The first-order valence-corrected chi connectivity index (χ1v) is 8.27. The average molecular weight is 351 g/mol. The van der Waals surface area contributed by atoms with E-state index in [1.54, 1.807) is 0 Å². The summed E-state index contributed by atoms with van der Waals surface area (Å²) in [7, 11) is -3.88. The van der Waals surface area contributed by atoms with Gasteiger partial charge in [0.2, 0.25) is 15.9 Å². The van der Waals surface area contributed by atoms with Crippen molar-refractivity contribution in [3.05, 3.63) is 59.9 Å². The van der Waals surface area contributed by atoms with Gasteiger partial charge in [0.25, 0.3) is 5.91 Å². The molecule has 0 saturated heterocycles. The molecule has 0 saturated carbocycles. The average Bonchev–Trinajstić information content (AvgIpc) is 2.53. The molecule has 24 heavy (non-hydrogen) atoms. The molecule has 2 rings (SSSR count). The number of nitrogens with two attached hydrogens (primary N) is 1. The van der Waals surface area contributed by atoms with Gasteiger partial charge in [0, 0.05) is 11.3 Å². The first-order valence-electron chi connectivity index (χ1n) is 6.72. The summed E-state index contributed by atoms with van der Waals surface area (Å²) in [5.74, 6) is -1.57. The minimum Gasteiger partial charge on any atom is -0.343 e. The van der Waals surface area contributed by atoms with E-state index in [1.165, 1.54) is 36.4 Å². The first kappa shape index (κ1) is 17.6. The molecule has 7 nitrogen and oxygen atoms in total. The Kier molecular flexibility index (Phi) is 5.27. The maximum Gasteiger partial charge on any atom is 0.251 e. The zero-order valence-electron chi connectivity index (χ0n) is 12.3. The van der Waals surface area contributed by atoms with Crippen molar-refractivity contribution in [3.63, 3.8) is 0 Å². The van der Waals surface area contributed by atoms with Crippen LogP contribution in [0.1, 0.15) is 10.4 Å². The zero-order valence-corrected chi connectivity index (χ0v) is 13.1. The Hall–Kier alpha value is -2.78. The molecule has 0 aromatic heterocycles. The van der Waals surface area contributed by atoms with Gasteiger partial charge >= 0.3 is 0 Å². The number of amides is 2. The standard InChI is InChI=1S/C15H14FN3O4S/c16-11-6-4-10(5-7-11)15(21)18-9-14(20)19-12-2-1-3-13(8-12)24(17,22)23/h1-8H,9H2,(H,18,21)(H,19,20)(H2,17,22,23). The van der Waals surface area contributed by atoms with Gasteiger partial charge in [0.15, 0.2) is 0 Å². The molecule has 0 aliphatic rings. The molecule has 0 unspecified atom stereocenters. The summed E-state index contributed by atoms with van der Waals surface area (Å²) in [4.78, 5) is 23.4. The Bertz CT molecular complexity index is 867. The van der Waals surface area contributed by atoms with Crippen LogP contribution in [0.15, 0.2) is 53.4 Å². The number of halogens is 1. The van der Waals surface area contributed by atoms with Crippen molar-refractivity contribution in [2.75, 3.05) is 11.9 Å². The fourth-order valence-corrected chi connectivity index (χ4v) is 2.38. The number of rotatable bonds is 5. The second-order valence-electron chi connectivity index (χ2n) is 4.81. The van der Waals surface area contributed by atoms with Gasteiger partial charge < -0.3 is 10.6 Å². The number of benzene rings is 2. The summed E-state index contributed by atoms with van der Waals surface area (Å²) in [5.41, 5.74) is 0.433. The Morgan fingerprint density at radius 3 is 2.38 bits per heavy atom. The predicted molar refractivity (Wildman–Crippen MR) is 85.2 cm³/mol. The van der Waals surface area contributed by atoms with Gasteiger partial charge in [-0.3, -0.25) is 9.59 Å². The van der Waals surface area contributed by atoms with Crippen LogP contribution >= 0.6 is 0 Å². The van der Waals surface area contributed by atoms with Crippen LogP contribution in [-0.2, 0) is 14.8 Å². The molecule has 2 aromatic rings. The van der Waals surface area contributed by atoms with Gasteiger partial charge in [-0.05, 0) is 42.5 Å². The summed E-state index contributed by atoms with van der Waals surface area (Å²) in [6.45, 7) is -0.337. The number of primary sulfonamides is 1. The Labute approximate surface area is 137 Å². The number of hydrogen-bond donors (Lipinski definition) is 3. The molecule has 0 fully saturated rings. The second kappa shape index (κ2) is 7.20. The van der Waals surface area contributed by atoms with Crippen molar-refractivity contribution >= 4 is 27.5 Å².